The van der Waals surface area contributed by atoms with Crippen LogP contribution in [0, 0.1) is 0 Å². The number of aliphatic hydroxyl groups excluding tert-OH is 1. The van der Waals surface area contributed by atoms with E-state index in [2.05, 4.69) is 5.10 Å². The predicted molar refractivity (Wildman–Crippen MR) is 63.5 cm³/mol. The monoisotopic (exact) mass is 236 g/mol. The number of hydrogen-bond donors (Lipinski definition) is 1. The first-order chi connectivity index (χ1) is 8.30. The van der Waals surface area contributed by atoms with Gasteiger partial charge >= 0.3 is 0 Å². The van der Waals surface area contributed by atoms with Crippen LogP contribution in [0.4, 0.5) is 0 Å². The zero-order chi connectivity index (χ0) is 11.7. The van der Waals surface area contributed by atoms with Gasteiger partial charge in [-0.05, 0) is 25.7 Å². The summed E-state index contributed by atoms with van der Waals surface area (Å²) >= 11 is 0. The van der Waals surface area contributed by atoms with Crippen LogP contribution in [-0.2, 0) is 17.9 Å². The van der Waals surface area contributed by atoms with Gasteiger partial charge in [0.05, 0.1) is 31.1 Å². The molecule has 4 heteroatoms. The van der Waals surface area contributed by atoms with E-state index in [1.807, 2.05) is 10.9 Å². The number of nitrogens with zero attached hydrogens (tertiary/aromatic N) is 2. The first kappa shape index (κ1) is 11.2. The summed E-state index contributed by atoms with van der Waals surface area (Å²) in [6, 6.07) is 0. The van der Waals surface area contributed by atoms with Crippen molar-refractivity contribution in [1.82, 2.24) is 9.78 Å². The molecule has 2 heterocycles. The van der Waals surface area contributed by atoms with Gasteiger partial charge in [-0.25, -0.2) is 0 Å². The Kier molecular flexibility index (Phi) is 2.92. The predicted octanol–water partition coefficient (Wildman–Crippen LogP) is 1.87. The van der Waals surface area contributed by atoms with Crippen LogP contribution in [0.25, 0.3) is 0 Å². The number of aromatic nitrogens is 2. The van der Waals surface area contributed by atoms with Crippen LogP contribution in [0.5, 0.6) is 0 Å². The highest BCUT2D eigenvalue weighted by Gasteiger charge is 2.42. The minimum absolute atomic E-state index is 0.0649. The topological polar surface area (TPSA) is 47.3 Å². The molecule has 1 aromatic heterocycles. The van der Waals surface area contributed by atoms with Crippen LogP contribution in [0.1, 0.15) is 44.1 Å². The van der Waals surface area contributed by atoms with E-state index >= 15 is 0 Å². The Bertz CT molecular complexity index is 383. The number of aliphatic hydroxyl groups is 1. The normalized spacial score (nSPS) is 27.0. The van der Waals surface area contributed by atoms with Gasteiger partial charge in [0.1, 0.15) is 0 Å². The maximum Gasteiger partial charge on any atom is 0.0779 e. The molecule has 1 aromatic rings. The molecule has 3 rings (SSSR count). The SMILES string of the molecule is OCc1cnn(CC2CCC3(CCCC3)O2)c1. The molecule has 1 spiro atoms. The van der Waals surface area contributed by atoms with Crippen LogP contribution in [0.15, 0.2) is 12.4 Å². The molecule has 1 saturated heterocycles. The standard InChI is InChI=1S/C13H20N2O2/c16-10-11-7-14-15(8-11)9-12-3-6-13(17-12)4-1-2-5-13/h7-8,12,16H,1-6,9-10H2. The van der Waals surface area contributed by atoms with Crippen LogP contribution in [-0.4, -0.2) is 26.6 Å². The highest BCUT2D eigenvalue weighted by Crippen LogP contribution is 2.43. The average molecular weight is 236 g/mol. The van der Waals surface area contributed by atoms with Gasteiger partial charge in [-0.2, -0.15) is 5.10 Å². The maximum atomic E-state index is 8.99. The molecule has 94 valence electrons. The van der Waals surface area contributed by atoms with Crippen LogP contribution in [0.2, 0.25) is 0 Å². The lowest BCUT2D eigenvalue weighted by molar-refractivity contribution is -0.0429. The maximum absolute atomic E-state index is 8.99. The van der Waals surface area contributed by atoms with E-state index in [0.717, 1.165) is 18.5 Å². The molecule has 2 fully saturated rings. The van der Waals surface area contributed by atoms with Gasteiger partial charge in [-0.1, -0.05) is 12.8 Å². The molecule has 17 heavy (non-hydrogen) atoms. The summed E-state index contributed by atoms with van der Waals surface area (Å²) in [5, 5.41) is 13.2. The third kappa shape index (κ3) is 2.24. The molecule has 0 radical (unpaired) electrons. The van der Waals surface area contributed by atoms with Crippen molar-refractivity contribution in [2.45, 2.75) is 63.4 Å². The molecule has 0 bridgehead atoms. The van der Waals surface area contributed by atoms with Crippen molar-refractivity contribution in [1.29, 1.82) is 0 Å². The second-order valence-corrected chi connectivity index (χ2v) is 5.40. The molecule has 1 N–H and O–H groups in total. The molecule has 1 saturated carbocycles. The van der Waals surface area contributed by atoms with Crippen molar-refractivity contribution in [2.75, 3.05) is 0 Å². The van der Waals surface area contributed by atoms with Crippen LogP contribution >= 0.6 is 0 Å². The van der Waals surface area contributed by atoms with E-state index in [0.29, 0.717) is 6.10 Å². The Hall–Kier alpha value is -0.870. The molecule has 2 aliphatic rings. The van der Waals surface area contributed by atoms with E-state index in [4.69, 9.17) is 9.84 Å². The van der Waals surface area contributed by atoms with Crippen molar-refractivity contribution in [3.63, 3.8) is 0 Å². The van der Waals surface area contributed by atoms with Gasteiger partial charge in [0.2, 0.25) is 0 Å². The highest BCUT2D eigenvalue weighted by molar-refractivity contribution is 5.02. The highest BCUT2D eigenvalue weighted by atomic mass is 16.5. The Morgan fingerprint density at radius 2 is 2.24 bits per heavy atom. The molecular formula is C13H20N2O2. The van der Waals surface area contributed by atoms with E-state index < -0.39 is 0 Å². The number of hydrogen-bond acceptors (Lipinski definition) is 3. The molecule has 1 aliphatic heterocycles. The number of ether oxygens (including phenoxy) is 1. The van der Waals surface area contributed by atoms with Gasteiger partial charge < -0.3 is 9.84 Å². The van der Waals surface area contributed by atoms with Crippen molar-refractivity contribution in [3.05, 3.63) is 18.0 Å². The van der Waals surface area contributed by atoms with Gasteiger partial charge in [-0.15, -0.1) is 0 Å². The van der Waals surface area contributed by atoms with Gasteiger partial charge in [0, 0.05) is 11.8 Å². The third-order valence-electron chi connectivity index (χ3n) is 4.11. The fraction of sp³-hybridized carbons (Fsp3) is 0.769. The van der Waals surface area contributed by atoms with Crippen LogP contribution < -0.4 is 0 Å². The lowest BCUT2D eigenvalue weighted by Crippen LogP contribution is -2.26. The second kappa shape index (κ2) is 4.42. The fourth-order valence-electron chi connectivity index (χ4n) is 3.21. The van der Waals surface area contributed by atoms with Crippen molar-refractivity contribution in [2.24, 2.45) is 0 Å². The summed E-state index contributed by atoms with van der Waals surface area (Å²) in [5.74, 6) is 0. The smallest absolute Gasteiger partial charge is 0.0779 e. The van der Waals surface area contributed by atoms with E-state index in [9.17, 15) is 0 Å². The van der Waals surface area contributed by atoms with Crippen molar-refractivity contribution in [3.8, 4) is 0 Å². The Morgan fingerprint density at radius 3 is 2.94 bits per heavy atom. The zero-order valence-corrected chi connectivity index (χ0v) is 10.1. The number of rotatable bonds is 3. The zero-order valence-electron chi connectivity index (χ0n) is 10.1. The quantitative estimate of drug-likeness (QED) is 0.871. The summed E-state index contributed by atoms with van der Waals surface area (Å²) in [6.45, 7) is 0.886. The summed E-state index contributed by atoms with van der Waals surface area (Å²) in [5.41, 5.74) is 1.08. The molecule has 0 aromatic carbocycles. The lowest BCUT2D eigenvalue weighted by Gasteiger charge is -2.23. The van der Waals surface area contributed by atoms with Gasteiger partial charge in [0.15, 0.2) is 0 Å². The minimum Gasteiger partial charge on any atom is -0.392 e. The largest absolute Gasteiger partial charge is 0.392 e. The second-order valence-electron chi connectivity index (χ2n) is 5.40. The Labute approximate surface area is 102 Å². The van der Waals surface area contributed by atoms with Gasteiger partial charge in [0.25, 0.3) is 0 Å². The van der Waals surface area contributed by atoms with Crippen molar-refractivity contribution < 1.29 is 9.84 Å². The molecule has 1 aliphatic carbocycles. The minimum atomic E-state index is 0.0649. The van der Waals surface area contributed by atoms with Gasteiger partial charge in [-0.3, -0.25) is 4.68 Å². The molecule has 1 atom stereocenters. The molecule has 4 nitrogen and oxygen atoms in total. The fourth-order valence-corrected chi connectivity index (χ4v) is 3.21. The van der Waals surface area contributed by atoms with E-state index in [1.54, 1.807) is 6.20 Å². The molecule has 1 unspecified atom stereocenters. The first-order valence-corrected chi connectivity index (χ1v) is 6.60. The van der Waals surface area contributed by atoms with Crippen LogP contribution in [0.3, 0.4) is 0 Å². The summed E-state index contributed by atoms with van der Waals surface area (Å²) in [6.07, 6.45) is 11.4. The average Bonchev–Trinajstić information content (AvgIpc) is 3.03. The summed E-state index contributed by atoms with van der Waals surface area (Å²) in [7, 11) is 0. The summed E-state index contributed by atoms with van der Waals surface area (Å²) < 4.78 is 8.13. The Morgan fingerprint density at radius 1 is 1.41 bits per heavy atom. The van der Waals surface area contributed by atoms with E-state index in [-0.39, 0.29) is 12.2 Å². The molecular weight excluding hydrogens is 216 g/mol. The summed E-state index contributed by atoms with van der Waals surface area (Å²) in [4.78, 5) is 0. The Balaban J connectivity index is 1.59. The molecule has 0 amide bonds. The third-order valence-corrected chi connectivity index (χ3v) is 4.11. The van der Waals surface area contributed by atoms with E-state index in [1.165, 1.54) is 32.1 Å². The first-order valence-electron chi connectivity index (χ1n) is 6.60. The lowest BCUT2D eigenvalue weighted by atomic mass is 9.98. The van der Waals surface area contributed by atoms with Crippen molar-refractivity contribution >= 4 is 0 Å².